The Morgan fingerprint density at radius 1 is 0.710 bits per heavy atom. The van der Waals surface area contributed by atoms with Gasteiger partial charge < -0.3 is 67.2 Å². The van der Waals surface area contributed by atoms with Crippen molar-refractivity contribution in [2.75, 3.05) is 58.9 Å². The summed E-state index contributed by atoms with van der Waals surface area (Å²) < 4.78 is 7.50. The van der Waals surface area contributed by atoms with Gasteiger partial charge in [0.05, 0.1) is 12.6 Å². The van der Waals surface area contributed by atoms with Gasteiger partial charge in [0.1, 0.15) is 50.7 Å². The molecule has 380 valence electrons. The van der Waals surface area contributed by atoms with Crippen LogP contribution in [0.25, 0.3) is 0 Å². The minimum Gasteiger partial charge on any atom is -0.481 e. The van der Waals surface area contributed by atoms with Crippen LogP contribution in [0.15, 0.2) is 12.4 Å². The highest BCUT2D eigenvalue weighted by Gasteiger charge is 2.69. The summed E-state index contributed by atoms with van der Waals surface area (Å²) in [7, 11) is 0. The smallest absolute Gasteiger partial charge is 0.478 e. The van der Waals surface area contributed by atoms with Crippen LogP contribution >= 0.6 is 0 Å². The predicted octanol–water partition coefficient (Wildman–Crippen LogP) is -4.43. The third kappa shape index (κ3) is 15.5. The third-order valence-electron chi connectivity index (χ3n) is 11.5. The maximum absolute atomic E-state index is 13.2. The zero-order chi connectivity index (χ0) is 50.5. The van der Waals surface area contributed by atoms with Crippen molar-refractivity contribution >= 4 is 77.6 Å². The third-order valence-corrected chi connectivity index (χ3v) is 11.5. The van der Waals surface area contributed by atoms with Gasteiger partial charge >= 0.3 is 65.8 Å². The van der Waals surface area contributed by atoms with E-state index in [0.717, 1.165) is 4.90 Å². The Morgan fingerprint density at radius 3 is 1.78 bits per heavy atom. The molecular formula is C40H61N11O18+4. The SMILES string of the molecule is C.N[C@@H](CCCC[N+]12CC3=[N+](CC=[N+]3CC(=O)N(CC(=O)O)CC(=O)O)C1n1cc[n+](CC(=O)N(CC(=O)O)CC(=O)O)c1C2)C(=O)NCCCC[C@H](NC(=O)N[C@@H](CCC(=O)O)C(=O)O)C(=O)O. The number of rotatable bonds is 30. The van der Waals surface area contributed by atoms with Crippen LogP contribution in [0.1, 0.15) is 70.9 Å². The molecule has 0 aromatic carbocycles. The number of unbranched alkanes of at least 4 members (excludes halogenated alkanes) is 2. The Bertz CT molecular complexity index is 2210. The summed E-state index contributed by atoms with van der Waals surface area (Å²) in [6.45, 7) is -2.52. The molecule has 2 unspecified atom stereocenters. The Balaban J connectivity index is 0.0000126. The second kappa shape index (κ2) is 25.0. The zero-order valence-corrected chi connectivity index (χ0v) is 36.8. The van der Waals surface area contributed by atoms with Gasteiger partial charge in [-0.05, 0) is 44.9 Å². The number of nitrogens with one attached hydrogen (secondary N) is 3. The van der Waals surface area contributed by atoms with Crippen molar-refractivity contribution in [1.82, 2.24) is 30.3 Å². The first-order chi connectivity index (χ1) is 32.0. The summed E-state index contributed by atoms with van der Waals surface area (Å²) in [5.41, 5.74) is 6.23. The van der Waals surface area contributed by atoms with Gasteiger partial charge in [-0.25, -0.2) is 23.4 Å². The lowest BCUT2D eigenvalue weighted by Crippen LogP contribution is -2.52. The van der Waals surface area contributed by atoms with E-state index >= 15 is 0 Å². The first-order valence-corrected chi connectivity index (χ1v) is 21.4. The number of carboxylic acid groups (broad SMARTS) is 7. The molecule has 69 heavy (non-hydrogen) atoms. The molecule has 29 nitrogen and oxygen atoms in total. The number of quaternary nitrogens is 1. The molecule has 0 aliphatic carbocycles. The number of carbonyl (C=O) groups is 11. The Labute approximate surface area is 393 Å². The van der Waals surface area contributed by atoms with Crippen LogP contribution in [-0.4, -0.2) is 218 Å². The highest BCUT2D eigenvalue weighted by Crippen LogP contribution is 2.40. The summed E-state index contributed by atoms with van der Waals surface area (Å²) in [6, 6.07) is -5.01. The van der Waals surface area contributed by atoms with Gasteiger partial charge in [-0.15, -0.1) is 9.14 Å². The molecule has 3 aliphatic heterocycles. The van der Waals surface area contributed by atoms with Crippen molar-refractivity contribution in [3.8, 4) is 0 Å². The molecule has 1 aromatic rings. The van der Waals surface area contributed by atoms with E-state index in [4.69, 9.17) is 10.8 Å². The van der Waals surface area contributed by atoms with Gasteiger partial charge in [0.15, 0.2) is 13.1 Å². The first-order valence-electron chi connectivity index (χ1n) is 21.4. The molecule has 0 bridgehead atoms. The average Bonchev–Trinajstić information content (AvgIpc) is 3.96. The summed E-state index contributed by atoms with van der Waals surface area (Å²) in [5.74, 6) is -10.4. The van der Waals surface area contributed by atoms with Crippen LogP contribution in [0.4, 0.5) is 4.79 Å². The Kier molecular flexibility index (Phi) is 20.2. The van der Waals surface area contributed by atoms with Crippen LogP contribution in [-0.2, 0) is 61.0 Å². The largest absolute Gasteiger partial charge is 0.481 e. The summed E-state index contributed by atoms with van der Waals surface area (Å²) >= 11 is 0. The van der Waals surface area contributed by atoms with Gasteiger partial charge in [0, 0.05) is 13.0 Å². The van der Waals surface area contributed by atoms with Crippen molar-refractivity contribution in [3.63, 3.8) is 0 Å². The van der Waals surface area contributed by atoms with Crippen LogP contribution in [0, 0.1) is 0 Å². The summed E-state index contributed by atoms with van der Waals surface area (Å²) in [6.07, 6.45) is 5.32. The van der Waals surface area contributed by atoms with E-state index in [1.807, 2.05) is 14.5 Å². The van der Waals surface area contributed by atoms with Gasteiger partial charge in [-0.3, -0.25) is 38.4 Å². The molecule has 12 N–H and O–H groups in total. The lowest BCUT2D eigenvalue weighted by molar-refractivity contribution is -1.02. The molecule has 0 saturated carbocycles. The Morgan fingerprint density at radius 2 is 1.25 bits per heavy atom. The molecule has 0 spiro atoms. The van der Waals surface area contributed by atoms with Crippen molar-refractivity contribution in [2.45, 2.75) is 96.3 Å². The maximum Gasteiger partial charge on any atom is 0.478 e. The second-order valence-electron chi connectivity index (χ2n) is 16.5. The van der Waals surface area contributed by atoms with Crippen LogP contribution in [0.3, 0.4) is 0 Å². The van der Waals surface area contributed by atoms with Crippen LogP contribution in [0.5, 0.6) is 0 Å². The number of aliphatic carboxylic acids is 7. The number of amidine groups is 1. The second-order valence-corrected chi connectivity index (χ2v) is 16.5. The topological polar surface area (TPSA) is 413 Å². The standard InChI is InChI=1S/C39H53N11O18.CH4/c40-23(35(63)41-9-3-1-6-24(36(64)65)42-38(68)43-25(37(66)67)7-8-30(53)54)5-2-4-14-50-21-26-44(15-28(51)46(17-31(55)56)18-32(57)58)10-12-48(26)39(50)49-13-11-45(27(49)22-50)16-29(52)47(19-33(59)60)20-34(61)62;/h10-12,23-25,39H,1-9,13-22,40H2,(H6-4,41,42,43,53,54,55,56,57,58,59,60,61,62,63,64,65,66,67,68);1H4/p+4/t23-,24-,25-,39?,50?;/m0./s1. The van der Waals surface area contributed by atoms with E-state index in [9.17, 15) is 83.4 Å². The highest BCUT2D eigenvalue weighted by molar-refractivity contribution is 5.89. The number of urea groups is 1. The summed E-state index contributed by atoms with van der Waals surface area (Å²) in [4.78, 5) is 133. The number of amides is 5. The van der Waals surface area contributed by atoms with E-state index in [0.29, 0.717) is 66.5 Å². The fraction of sp³-hybridized carbons (Fsp3) is 0.600. The van der Waals surface area contributed by atoms with Crippen LogP contribution in [0.2, 0.25) is 0 Å². The fourth-order valence-corrected chi connectivity index (χ4v) is 8.38. The number of hydrogen-bond donors (Lipinski definition) is 11. The molecule has 1 aromatic heterocycles. The van der Waals surface area contributed by atoms with Gasteiger partial charge in [-0.2, -0.15) is 0 Å². The van der Waals surface area contributed by atoms with Crippen molar-refractivity contribution < 1.29 is 107 Å². The lowest BCUT2D eigenvalue weighted by atomic mass is 10.1. The molecule has 0 radical (unpaired) electrons. The highest BCUT2D eigenvalue weighted by atomic mass is 16.4. The maximum atomic E-state index is 13.2. The van der Waals surface area contributed by atoms with Gasteiger partial charge in [0.25, 0.3) is 11.8 Å². The lowest BCUT2D eigenvalue weighted by Gasteiger charge is -2.27. The van der Waals surface area contributed by atoms with Crippen molar-refractivity contribution in [2.24, 2.45) is 5.73 Å². The van der Waals surface area contributed by atoms with Crippen LogP contribution < -0.4 is 26.3 Å². The number of nitrogens with zero attached hydrogens (tertiary/aromatic N) is 7. The molecule has 5 atom stereocenters. The minimum atomic E-state index is -1.56. The number of nitrogens with two attached hydrogens (primary N) is 1. The number of fused-ring (bicyclic) bond motifs is 4. The van der Waals surface area contributed by atoms with Gasteiger partial charge in [0.2, 0.25) is 31.8 Å². The van der Waals surface area contributed by atoms with E-state index in [-0.39, 0.29) is 46.3 Å². The van der Waals surface area contributed by atoms with E-state index in [1.54, 1.807) is 27.8 Å². The van der Waals surface area contributed by atoms with E-state index in [1.165, 1.54) is 0 Å². The summed E-state index contributed by atoms with van der Waals surface area (Å²) in [5, 5.41) is 71.7. The molecule has 0 saturated heterocycles. The number of imidazole rings is 1. The molecule has 29 heteroatoms. The number of aromatic nitrogens is 2. The van der Waals surface area contributed by atoms with Crippen molar-refractivity contribution in [3.05, 3.63) is 18.2 Å². The molecule has 4 rings (SSSR count). The monoisotopic (exact) mass is 983 g/mol. The fourth-order valence-electron chi connectivity index (χ4n) is 8.38. The van der Waals surface area contributed by atoms with Gasteiger partial charge in [-0.1, -0.05) is 12.0 Å². The van der Waals surface area contributed by atoms with E-state index < -0.39 is 129 Å². The molecule has 0 fully saturated rings. The quantitative estimate of drug-likeness (QED) is 0.0197. The predicted molar refractivity (Wildman–Crippen MR) is 229 cm³/mol. The first kappa shape index (κ1) is 55.8. The van der Waals surface area contributed by atoms with Crippen molar-refractivity contribution in [1.29, 1.82) is 0 Å². The zero-order valence-electron chi connectivity index (χ0n) is 36.8. The Hall–Kier alpha value is -7.56. The normalized spacial score (nSPS) is 17.6. The molecule has 3 aliphatic rings. The number of hydrogen-bond acceptors (Lipinski definition) is 12. The number of carbonyl (C=O) groups excluding carboxylic acids is 4. The number of carboxylic acids is 7. The van der Waals surface area contributed by atoms with E-state index in [2.05, 4.69) is 10.6 Å². The minimum absolute atomic E-state index is 0. The average molecular weight is 984 g/mol. The molecule has 5 amide bonds. The molecule has 4 heterocycles. The molecular weight excluding hydrogens is 922 g/mol.